The van der Waals surface area contributed by atoms with Gasteiger partial charge in [0.25, 0.3) is 0 Å². The molecule has 2 aromatic carbocycles. The van der Waals surface area contributed by atoms with Crippen LogP contribution < -0.4 is 4.74 Å². The van der Waals surface area contributed by atoms with E-state index >= 15 is 0 Å². The predicted octanol–water partition coefficient (Wildman–Crippen LogP) is 6.15. The molecule has 1 aliphatic carbocycles. The van der Waals surface area contributed by atoms with E-state index in [4.69, 9.17) is 21.4 Å². The van der Waals surface area contributed by atoms with E-state index in [9.17, 15) is 4.79 Å². The van der Waals surface area contributed by atoms with Crippen LogP contribution in [-0.4, -0.2) is 42.2 Å². The van der Waals surface area contributed by atoms with Crippen molar-refractivity contribution in [1.29, 1.82) is 0 Å². The highest BCUT2D eigenvalue weighted by molar-refractivity contribution is 6.30. The number of likely N-dealkylation sites (tertiary alicyclic amines) is 1. The maximum absolute atomic E-state index is 11.0. The number of fused-ring (bicyclic) bond motifs is 1. The fourth-order valence-corrected chi connectivity index (χ4v) is 4.83. The number of hydrogen-bond acceptors (Lipinski definition) is 3. The van der Waals surface area contributed by atoms with E-state index in [-0.39, 0.29) is 23.7 Å². The van der Waals surface area contributed by atoms with Crippen LogP contribution in [0.5, 0.6) is 5.75 Å². The fourth-order valence-electron chi connectivity index (χ4n) is 4.70. The van der Waals surface area contributed by atoms with Crippen molar-refractivity contribution in [2.75, 3.05) is 26.2 Å². The number of carboxylic acids is 1. The van der Waals surface area contributed by atoms with Gasteiger partial charge in [0, 0.05) is 30.1 Å². The smallest absolute Gasteiger partial charge is 0.309 e. The molecular formula is C27H33Cl2NO3. The molecule has 0 radical (unpaired) electrons. The Morgan fingerprint density at radius 2 is 1.85 bits per heavy atom. The summed E-state index contributed by atoms with van der Waals surface area (Å²) in [7, 11) is 0. The van der Waals surface area contributed by atoms with E-state index in [1.54, 1.807) is 0 Å². The summed E-state index contributed by atoms with van der Waals surface area (Å²) >= 11 is 6.00. The number of aliphatic carboxylic acids is 1. The van der Waals surface area contributed by atoms with E-state index in [0.29, 0.717) is 19.7 Å². The molecule has 178 valence electrons. The highest BCUT2D eigenvalue weighted by Gasteiger charge is 2.33. The van der Waals surface area contributed by atoms with Gasteiger partial charge in [-0.3, -0.25) is 9.69 Å². The van der Waals surface area contributed by atoms with E-state index < -0.39 is 5.97 Å². The molecule has 0 unspecified atom stereocenters. The second kappa shape index (κ2) is 10.5. The Kier molecular flexibility index (Phi) is 8.15. The maximum Gasteiger partial charge on any atom is 0.309 e. The number of halogens is 2. The van der Waals surface area contributed by atoms with Crippen molar-refractivity contribution in [2.45, 2.75) is 40.0 Å². The number of hydrogen-bond donors (Lipinski definition) is 1. The molecule has 0 spiro atoms. The Bertz CT molecular complexity index is 1020. The van der Waals surface area contributed by atoms with Gasteiger partial charge in [0.05, 0.1) is 12.5 Å². The average Bonchev–Trinajstić information content (AvgIpc) is 2.71. The van der Waals surface area contributed by atoms with Crippen LogP contribution in [0.4, 0.5) is 0 Å². The van der Waals surface area contributed by atoms with Crippen molar-refractivity contribution in [2.24, 2.45) is 11.3 Å². The largest absolute Gasteiger partial charge is 0.493 e. The molecule has 1 saturated heterocycles. The molecule has 1 fully saturated rings. The molecule has 0 atom stereocenters. The van der Waals surface area contributed by atoms with Crippen molar-refractivity contribution in [3.05, 3.63) is 69.8 Å². The molecule has 2 aliphatic rings. The number of benzene rings is 2. The number of carboxylic acid groups (broad SMARTS) is 1. The van der Waals surface area contributed by atoms with Crippen LogP contribution in [0.25, 0.3) is 5.57 Å². The van der Waals surface area contributed by atoms with Crippen LogP contribution >= 0.6 is 24.0 Å². The summed E-state index contributed by atoms with van der Waals surface area (Å²) in [5.41, 5.74) is 6.68. The van der Waals surface area contributed by atoms with Gasteiger partial charge in [0.15, 0.2) is 0 Å². The first-order valence-electron chi connectivity index (χ1n) is 11.3. The zero-order valence-electron chi connectivity index (χ0n) is 19.6. The zero-order valence-corrected chi connectivity index (χ0v) is 21.1. The van der Waals surface area contributed by atoms with Crippen LogP contribution in [0.3, 0.4) is 0 Å². The van der Waals surface area contributed by atoms with Gasteiger partial charge in [0.2, 0.25) is 0 Å². The Hall–Kier alpha value is -2.01. The maximum atomic E-state index is 11.0. The fraction of sp³-hybridized carbons (Fsp3) is 0.444. The minimum Gasteiger partial charge on any atom is -0.493 e. The molecular weight excluding hydrogens is 457 g/mol. The Morgan fingerprint density at radius 3 is 2.52 bits per heavy atom. The Balaban J connectivity index is 0.00000306. The van der Waals surface area contributed by atoms with Crippen molar-refractivity contribution in [3.63, 3.8) is 0 Å². The SMILES string of the molecule is CC1=C(CN2CC(C(=O)O)C2)CCc2cc(OCC(C)(C)Cc3ccc(Cl)cc3)ccc21.Cl. The van der Waals surface area contributed by atoms with Gasteiger partial charge in [-0.25, -0.2) is 0 Å². The van der Waals surface area contributed by atoms with E-state index in [1.165, 1.54) is 27.8 Å². The lowest BCUT2D eigenvalue weighted by molar-refractivity contribution is -0.147. The van der Waals surface area contributed by atoms with Gasteiger partial charge in [-0.1, -0.05) is 49.2 Å². The quantitative estimate of drug-likeness (QED) is 0.483. The number of nitrogens with zero attached hydrogens (tertiary/aromatic N) is 1. The van der Waals surface area contributed by atoms with Crippen molar-refractivity contribution >= 4 is 35.6 Å². The lowest BCUT2D eigenvalue weighted by Gasteiger charge is -2.38. The second-order valence-corrected chi connectivity index (χ2v) is 10.5. The normalized spacial score (nSPS) is 16.6. The predicted molar refractivity (Wildman–Crippen MR) is 137 cm³/mol. The van der Waals surface area contributed by atoms with Gasteiger partial charge in [-0.05, 0) is 72.7 Å². The van der Waals surface area contributed by atoms with E-state index in [2.05, 4.69) is 56.0 Å². The number of rotatable bonds is 8. The van der Waals surface area contributed by atoms with E-state index in [0.717, 1.165) is 36.6 Å². The second-order valence-electron chi connectivity index (χ2n) is 10.0. The monoisotopic (exact) mass is 489 g/mol. The van der Waals surface area contributed by atoms with Crippen LogP contribution in [-0.2, 0) is 17.6 Å². The molecule has 0 saturated carbocycles. The van der Waals surface area contributed by atoms with Gasteiger partial charge in [-0.15, -0.1) is 12.4 Å². The Morgan fingerprint density at radius 1 is 1.15 bits per heavy atom. The first-order valence-corrected chi connectivity index (χ1v) is 11.7. The molecule has 4 nitrogen and oxygen atoms in total. The summed E-state index contributed by atoms with van der Waals surface area (Å²) < 4.78 is 6.21. The van der Waals surface area contributed by atoms with Gasteiger partial charge >= 0.3 is 5.97 Å². The highest BCUT2D eigenvalue weighted by Crippen LogP contribution is 2.35. The molecule has 1 heterocycles. The van der Waals surface area contributed by atoms with Gasteiger partial charge in [-0.2, -0.15) is 0 Å². The molecule has 2 aromatic rings. The van der Waals surface area contributed by atoms with Crippen LogP contribution in [0.15, 0.2) is 48.0 Å². The molecule has 1 N–H and O–H groups in total. The summed E-state index contributed by atoms with van der Waals surface area (Å²) in [6.07, 6.45) is 2.96. The van der Waals surface area contributed by atoms with Gasteiger partial charge < -0.3 is 9.84 Å². The summed E-state index contributed by atoms with van der Waals surface area (Å²) in [4.78, 5) is 13.3. The first kappa shape index (κ1) is 25.6. The number of ether oxygens (including phenoxy) is 1. The van der Waals surface area contributed by atoms with Crippen molar-refractivity contribution in [1.82, 2.24) is 4.90 Å². The van der Waals surface area contributed by atoms with Crippen molar-refractivity contribution < 1.29 is 14.6 Å². The van der Waals surface area contributed by atoms with Crippen molar-refractivity contribution in [3.8, 4) is 5.75 Å². The highest BCUT2D eigenvalue weighted by atomic mass is 35.5. The average molecular weight is 490 g/mol. The minimum absolute atomic E-state index is 0. The summed E-state index contributed by atoms with van der Waals surface area (Å²) in [5.74, 6) is 0.0523. The third-order valence-corrected chi connectivity index (χ3v) is 6.91. The standard InChI is InChI=1S/C27H32ClNO3.ClH/c1-18-21(14-29-15-22(16-29)26(30)31)7-6-20-12-24(10-11-25(18)20)32-17-27(2,3)13-19-4-8-23(28)9-5-19;/h4-5,8-12,22H,6-7,13-17H2,1-3H3,(H,30,31);1H. The summed E-state index contributed by atoms with van der Waals surface area (Å²) in [6, 6.07) is 14.5. The molecule has 0 amide bonds. The number of carbonyl (C=O) groups is 1. The zero-order chi connectivity index (χ0) is 22.9. The number of allylic oxidation sites excluding steroid dienone is 1. The Labute approximate surface area is 208 Å². The lowest BCUT2D eigenvalue weighted by atomic mass is 9.85. The first-order chi connectivity index (χ1) is 15.2. The third kappa shape index (κ3) is 6.32. The van der Waals surface area contributed by atoms with Crippen LogP contribution in [0, 0.1) is 11.3 Å². The molecule has 33 heavy (non-hydrogen) atoms. The van der Waals surface area contributed by atoms with Crippen LogP contribution in [0.2, 0.25) is 5.02 Å². The summed E-state index contributed by atoms with van der Waals surface area (Å²) in [6.45, 7) is 9.50. The minimum atomic E-state index is -0.676. The number of aryl methyl sites for hydroxylation is 1. The molecule has 6 heteroatoms. The topological polar surface area (TPSA) is 49.8 Å². The van der Waals surface area contributed by atoms with E-state index in [1.807, 2.05) is 12.1 Å². The van der Waals surface area contributed by atoms with Gasteiger partial charge in [0.1, 0.15) is 5.75 Å². The molecule has 0 aromatic heterocycles. The lowest BCUT2D eigenvalue weighted by Crippen LogP contribution is -2.50. The third-order valence-electron chi connectivity index (χ3n) is 6.65. The molecule has 0 bridgehead atoms. The summed E-state index contributed by atoms with van der Waals surface area (Å²) in [5, 5.41) is 9.85. The van der Waals surface area contributed by atoms with Crippen LogP contribution in [0.1, 0.15) is 43.9 Å². The molecule has 1 aliphatic heterocycles. The molecule has 4 rings (SSSR count).